The molecule has 1 aliphatic heterocycles. The van der Waals surface area contributed by atoms with Crippen molar-refractivity contribution >= 4 is 0 Å². The molecule has 0 amide bonds. The largest absolute Gasteiger partial charge is 0.311 e. The molecule has 2 atom stereocenters. The van der Waals surface area contributed by atoms with Gasteiger partial charge in [0, 0.05) is 31.7 Å². The molecule has 1 fully saturated rings. The van der Waals surface area contributed by atoms with E-state index >= 15 is 0 Å². The number of nitrogens with zero attached hydrogens (tertiary/aromatic N) is 2. The summed E-state index contributed by atoms with van der Waals surface area (Å²) in [6.07, 6.45) is 1.00. The van der Waals surface area contributed by atoms with E-state index in [9.17, 15) is 4.39 Å². The summed E-state index contributed by atoms with van der Waals surface area (Å²) in [6.45, 7) is 3.19. The van der Waals surface area contributed by atoms with E-state index in [2.05, 4.69) is 36.3 Å². The van der Waals surface area contributed by atoms with Crippen molar-refractivity contribution in [1.29, 1.82) is 0 Å². The van der Waals surface area contributed by atoms with Gasteiger partial charge in [0.15, 0.2) is 0 Å². The van der Waals surface area contributed by atoms with E-state index in [4.69, 9.17) is 0 Å². The Bertz CT molecular complexity index is 408. The molecule has 1 saturated heterocycles. The monoisotopic (exact) mass is 265 g/mol. The van der Waals surface area contributed by atoms with Gasteiger partial charge in [0.1, 0.15) is 5.82 Å². The lowest BCUT2D eigenvalue weighted by molar-refractivity contribution is 0.190. The third-order valence-electron chi connectivity index (χ3n) is 3.82. The van der Waals surface area contributed by atoms with Crippen molar-refractivity contribution in [3.05, 3.63) is 35.6 Å². The Morgan fingerprint density at radius 1 is 1.47 bits per heavy atom. The van der Waals surface area contributed by atoms with Crippen LogP contribution >= 0.6 is 0 Å². The zero-order chi connectivity index (χ0) is 13.8. The Kier molecular flexibility index (Phi) is 4.91. The second-order valence-electron chi connectivity index (χ2n) is 5.68. The summed E-state index contributed by atoms with van der Waals surface area (Å²) in [4.78, 5) is 4.52. The highest BCUT2D eigenvalue weighted by Crippen LogP contribution is 2.24. The normalized spacial score (nSPS) is 22.7. The number of halogens is 1. The number of hydrogen-bond acceptors (Lipinski definition) is 3. The predicted molar refractivity (Wildman–Crippen MR) is 76.7 cm³/mol. The van der Waals surface area contributed by atoms with Gasteiger partial charge in [-0.3, -0.25) is 0 Å². The van der Waals surface area contributed by atoms with E-state index in [0.29, 0.717) is 6.04 Å². The fourth-order valence-corrected chi connectivity index (χ4v) is 2.78. The summed E-state index contributed by atoms with van der Waals surface area (Å²) in [5.41, 5.74) is 1.06. The Hall–Kier alpha value is -0.970. The molecule has 0 radical (unpaired) electrons. The van der Waals surface area contributed by atoms with Crippen LogP contribution in [0.3, 0.4) is 0 Å². The summed E-state index contributed by atoms with van der Waals surface area (Å²) in [7, 11) is 6.27. The Morgan fingerprint density at radius 2 is 2.26 bits per heavy atom. The first kappa shape index (κ1) is 14.4. The maximum absolute atomic E-state index is 13.4. The number of benzene rings is 1. The summed E-state index contributed by atoms with van der Waals surface area (Å²) in [5, 5.41) is 3.56. The molecule has 0 saturated carbocycles. The third-order valence-corrected chi connectivity index (χ3v) is 3.82. The lowest BCUT2D eigenvalue weighted by atomic mass is 9.97. The zero-order valence-electron chi connectivity index (χ0n) is 12.1. The average Bonchev–Trinajstić information content (AvgIpc) is 2.35. The maximum atomic E-state index is 13.4. The fourth-order valence-electron chi connectivity index (χ4n) is 2.78. The lowest BCUT2D eigenvalue weighted by Gasteiger charge is -2.35. The molecule has 0 aromatic heterocycles. The summed E-state index contributed by atoms with van der Waals surface area (Å²) < 4.78 is 13.4. The predicted octanol–water partition coefficient (Wildman–Crippen LogP) is 1.72. The van der Waals surface area contributed by atoms with Crippen molar-refractivity contribution < 1.29 is 4.39 Å². The van der Waals surface area contributed by atoms with Crippen molar-refractivity contribution in [1.82, 2.24) is 15.1 Å². The maximum Gasteiger partial charge on any atom is 0.123 e. The minimum atomic E-state index is -0.155. The van der Waals surface area contributed by atoms with Crippen LogP contribution < -0.4 is 5.32 Å². The minimum Gasteiger partial charge on any atom is -0.311 e. The molecule has 2 unspecified atom stereocenters. The number of piperazine rings is 1. The molecule has 0 bridgehead atoms. The molecule has 0 aliphatic carbocycles. The molecule has 19 heavy (non-hydrogen) atoms. The van der Waals surface area contributed by atoms with Gasteiger partial charge >= 0.3 is 0 Å². The van der Waals surface area contributed by atoms with Gasteiger partial charge < -0.3 is 15.1 Å². The van der Waals surface area contributed by atoms with Gasteiger partial charge in [-0.1, -0.05) is 12.1 Å². The number of rotatable bonds is 4. The molecule has 1 aromatic rings. The lowest BCUT2D eigenvalue weighted by Crippen LogP contribution is -2.50. The molecule has 1 N–H and O–H groups in total. The van der Waals surface area contributed by atoms with Gasteiger partial charge in [0.05, 0.1) is 0 Å². The first-order valence-electron chi connectivity index (χ1n) is 6.90. The van der Waals surface area contributed by atoms with Crippen molar-refractivity contribution in [3.8, 4) is 0 Å². The van der Waals surface area contributed by atoms with Gasteiger partial charge in [-0.05, 0) is 45.3 Å². The highest BCUT2D eigenvalue weighted by molar-refractivity contribution is 5.20. The molecule has 4 heteroatoms. The average molecular weight is 265 g/mol. The quantitative estimate of drug-likeness (QED) is 0.894. The van der Waals surface area contributed by atoms with Gasteiger partial charge in [-0.25, -0.2) is 4.39 Å². The van der Waals surface area contributed by atoms with Crippen LogP contribution in [0.2, 0.25) is 0 Å². The highest BCUT2D eigenvalue weighted by atomic mass is 19.1. The molecular weight excluding hydrogens is 241 g/mol. The Morgan fingerprint density at radius 3 is 2.89 bits per heavy atom. The van der Waals surface area contributed by atoms with Gasteiger partial charge in [-0.15, -0.1) is 0 Å². The van der Waals surface area contributed by atoms with Crippen LogP contribution in [0, 0.1) is 5.82 Å². The molecule has 1 aromatic carbocycles. The van der Waals surface area contributed by atoms with Crippen molar-refractivity contribution in [2.45, 2.75) is 18.5 Å². The van der Waals surface area contributed by atoms with E-state index in [0.717, 1.165) is 31.6 Å². The topological polar surface area (TPSA) is 18.5 Å². The van der Waals surface area contributed by atoms with Crippen molar-refractivity contribution in [2.24, 2.45) is 0 Å². The van der Waals surface area contributed by atoms with Gasteiger partial charge in [0.25, 0.3) is 0 Å². The molecule has 106 valence electrons. The van der Waals surface area contributed by atoms with Crippen molar-refractivity contribution in [3.63, 3.8) is 0 Å². The second kappa shape index (κ2) is 6.46. The van der Waals surface area contributed by atoms with Crippen LogP contribution in [0.15, 0.2) is 24.3 Å². The van der Waals surface area contributed by atoms with Crippen molar-refractivity contribution in [2.75, 3.05) is 40.8 Å². The van der Waals surface area contributed by atoms with Crippen LogP contribution in [-0.2, 0) is 0 Å². The SMILES string of the molecule is CN1CCNC(CC(c2cccc(F)c2)N(C)C)C1. The van der Waals surface area contributed by atoms with Crippen LogP contribution in [-0.4, -0.2) is 56.6 Å². The molecule has 2 rings (SSSR count). The number of hydrogen-bond donors (Lipinski definition) is 1. The smallest absolute Gasteiger partial charge is 0.123 e. The molecule has 3 nitrogen and oxygen atoms in total. The summed E-state index contributed by atoms with van der Waals surface area (Å²) in [5.74, 6) is -0.155. The Labute approximate surface area is 115 Å². The fraction of sp³-hybridized carbons (Fsp3) is 0.600. The van der Waals surface area contributed by atoms with Crippen LogP contribution in [0.4, 0.5) is 4.39 Å². The first-order chi connectivity index (χ1) is 9.06. The van der Waals surface area contributed by atoms with E-state index in [1.807, 2.05) is 6.07 Å². The van der Waals surface area contributed by atoms with E-state index < -0.39 is 0 Å². The zero-order valence-corrected chi connectivity index (χ0v) is 12.1. The number of nitrogens with one attached hydrogen (secondary N) is 1. The minimum absolute atomic E-state index is 0.155. The van der Waals surface area contributed by atoms with E-state index in [-0.39, 0.29) is 11.9 Å². The molecule has 1 aliphatic rings. The Balaban J connectivity index is 2.08. The summed E-state index contributed by atoms with van der Waals surface area (Å²) in [6, 6.07) is 7.68. The first-order valence-corrected chi connectivity index (χ1v) is 6.90. The molecule has 1 heterocycles. The highest BCUT2D eigenvalue weighted by Gasteiger charge is 2.23. The van der Waals surface area contributed by atoms with Crippen LogP contribution in [0.1, 0.15) is 18.0 Å². The van der Waals surface area contributed by atoms with Crippen LogP contribution in [0.25, 0.3) is 0 Å². The van der Waals surface area contributed by atoms with Gasteiger partial charge in [0.2, 0.25) is 0 Å². The van der Waals surface area contributed by atoms with E-state index in [1.165, 1.54) is 6.07 Å². The van der Waals surface area contributed by atoms with Gasteiger partial charge in [-0.2, -0.15) is 0 Å². The summed E-state index contributed by atoms with van der Waals surface area (Å²) >= 11 is 0. The molecule has 0 spiro atoms. The number of likely N-dealkylation sites (N-methyl/N-ethyl adjacent to an activating group) is 1. The standard InChI is InChI=1S/C15H24FN3/c1-18(2)15(12-5-4-6-13(16)9-12)10-14-11-19(3)8-7-17-14/h4-6,9,14-15,17H,7-8,10-11H2,1-3H3. The molecular formula is C15H24FN3. The second-order valence-corrected chi connectivity index (χ2v) is 5.68. The van der Waals surface area contributed by atoms with E-state index in [1.54, 1.807) is 12.1 Å². The third kappa shape index (κ3) is 4.00. The van der Waals surface area contributed by atoms with Crippen LogP contribution in [0.5, 0.6) is 0 Å².